The Bertz CT molecular complexity index is 1540. The fourth-order valence-corrected chi connectivity index (χ4v) is 4.08. The van der Waals surface area contributed by atoms with E-state index in [1.54, 1.807) is 57.7 Å². The van der Waals surface area contributed by atoms with Gasteiger partial charge in [0.1, 0.15) is 17.0 Å². The Morgan fingerprint density at radius 3 is 2.24 bits per heavy atom. The first-order valence-electron chi connectivity index (χ1n) is 11.9. The highest BCUT2D eigenvalue weighted by molar-refractivity contribution is 6.17. The summed E-state index contributed by atoms with van der Waals surface area (Å²) in [6.45, 7) is 1.74. The smallest absolute Gasteiger partial charge is 0.240 e. The number of nitrogens with zero attached hydrogens (tertiary/aromatic N) is 2. The first-order valence-corrected chi connectivity index (χ1v) is 11.9. The summed E-state index contributed by atoms with van der Waals surface area (Å²) in [5.41, 5.74) is 0.896. The Kier molecular flexibility index (Phi) is 6.54. The Balaban J connectivity index is 1.31. The summed E-state index contributed by atoms with van der Waals surface area (Å²) >= 11 is 0. The molecule has 194 valence electrons. The number of methoxy groups -OCH3 is 2. The van der Waals surface area contributed by atoms with Gasteiger partial charge in [-0.3, -0.25) is 14.6 Å². The van der Waals surface area contributed by atoms with Gasteiger partial charge in [-0.1, -0.05) is 0 Å². The van der Waals surface area contributed by atoms with Crippen LogP contribution < -0.4 is 24.8 Å². The van der Waals surface area contributed by atoms with E-state index in [0.29, 0.717) is 63.9 Å². The molecule has 0 aliphatic heterocycles. The molecule has 1 aliphatic rings. The lowest BCUT2D eigenvalue weighted by Crippen LogP contribution is -2.35. The van der Waals surface area contributed by atoms with Crippen molar-refractivity contribution in [1.29, 1.82) is 0 Å². The third kappa shape index (κ3) is 4.80. The van der Waals surface area contributed by atoms with E-state index in [1.165, 1.54) is 24.3 Å². The van der Waals surface area contributed by atoms with Crippen molar-refractivity contribution < 1.29 is 28.2 Å². The number of amides is 2. The van der Waals surface area contributed by atoms with E-state index in [1.807, 2.05) is 0 Å². The third-order valence-corrected chi connectivity index (χ3v) is 6.45. The van der Waals surface area contributed by atoms with Crippen molar-refractivity contribution in [2.24, 2.45) is 5.41 Å². The van der Waals surface area contributed by atoms with Gasteiger partial charge in [-0.2, -0.15) is 0 Å². The number of ether oxygens (including phenoxy) is 3. The minimum absolute atomic E-state index is 0.318. The van der Waals surface area contributed by atoms with Crippen molar-refractivity contribution in [1.82, 2.24) is 9.97 Å². The topological polar surface area (TPSA) is 112 Å². The predicted octanol–water partition coefficient (Wildman–Crippen LogP) is 5.24. The van der Waals surface area contributed by atoms with Crippen LogP contribution in [-0.4, -0.2) is 36.0 Å². The molecule has 0 atom stereocenters. The van der Waals surface area contributed by atoms with Crippen LogP contribution in [0.2, 0.25) is 0 Å². The van der Waals surface area contributed by atoms with E-state index in [9.17, 15) is 14.0 Å². The van der Waals surface area contributed by atoms with Gasteiger partial charge in [-0.25, -0.2) is 9.37 Å². The largest absolute Gasteiger partial charge is 0.493 e. The standard InChI is InChI=1S/C28H25FN4O5/c1-16-20(33-27(35)28(11-12-28)26(34)32-18-6-4-17(29)5-7-18)8-9-25(31-16)38-22-10-13-30-21-15-24(37-3)23(36-2)14-19(21)22/h4-10,13-15H,11-12H2,1-3H3,(H,32,34)(H,33,35). The molecule has 2 N–H and O–H groups in total. The number of halogens is 1. The second kappa shape index (κ2) is 9.97. The number of hydrogen-bond donors (Lipinski definition) is 2. The summed E-state index contributed by atoms with van der Waals surface area (Å²) in [6, 6.07) is 14.0. The predicted molar refractivity (Wildman–Crippen MR) is 139 cm³/mol. The highest BCUT2D eigenvalue weighted by atomic mass is 19.1. The Labute approximate surface area is 218 Å². The van der Waals surface area contributed by atoms with Crippen molar-refractivity contribution in [2.75, 3.05) is 24.9 Å². The minimum Gasteiger partial charge on any atom is -0.493 e. The molecular weight excluding hydrogens is 491 g/mol. The number of fused-ring (bicyclic) bond motifs is 1. The van der Waals surface area contributed by atoms with Crippen LogP contribution in [0.4, 0.5) is 15.8 Å². The third-order valence-electron chi connectivity index (χ3n) is 6.45. The number of nitrogens with one attached hydrogen (secondary N) is 2. The van der Waals surface area contributed by atoms with Gasteiger partial charge >= 0.3 is 0 Å². The van der Waals surface area contributed by atoms with Crippen molar-refractivity contribution in [3.63, 3.8) is 0 Å². The molecule has 1 saturated carbocycles. The van der Waals surface area contributed by atoms with Crippen molar-refractivity contribution in [2.45, 2.75) is 19.8 Å². The number of benzene rings is 2. The van der Waals surface area contributed by atoms with Gasteiger partial charge in [0.2, 0.25) is 17.7 Å². The number of aromatic nitrogens is 2. The zero-order valence-electron chi connectivity index (χ0n) is 21.0. The molecule has 1 aliphatic carbocycles. The molecule has 2 aromatic heterocycles. The lowest BCUT2D eigenvalue weighted by molar-refractivity contribution is -0.131. The van der Waals surface area contributed by atoms with Crippen molar-refractivity contribution >= 4 is 34.1 Å². The summed E-state index contributed by atoms with van der Waals surface area (Å²) in [5.74, 6) is 0.679. The molecule has 2 aromatic carbocycles. The van der Waals surface area contributed by atoms with Gasteiger partial charge in [0.25, 0.3) is 0 Å². The maximum Gasteiger partial charge on any atom is 0.240 e. The van der Waals surface area contributed by atoms with Crippen LogP contribution in [0.3, 0.4) is 0 Å². The molecule has 0 unspecified atom stereocenters. The summed E-state index contributed by atoms with van der Waals surface area (Å²) in [6.07, 6.45) is 2.46. The summed E-state index contributed by atoms with van der Waals surface area (Å²) in [5, 5.41) is 6.23. The lowest BCUT2D eigenvalue weighted by Gasteiger charge is -2.17. The molecule has 0 bridgehead atoms. The van der Waals surface area contributed by atoms with Crippen LogP contribution in [0, 0.1) is 18.2 Å². The van der Waals surface area contributed by atoms with Gasteiger partial charge in [-0.05, 0) is 62.2 Å². The van der Waals surface area contributed by atoms with E-state index >= 15 is 0 Å². The molecule has 10 heteroatoms. The maximum atomic E-state index is 13.2. The first-order chi connectivity index (χ1) is 18.3. The van der Waals surface area contributed by atoms with Crippen molar-refractivity contribution in [3.05, 3.63) is 72.3 Å². The molecule has 2 heterocycles. The SMILES string of the molecule is COc1cc2nccc(Oc3ccc(NC(=O)C4(C(=O)Nc5ccc(F)cc5)CC4)c(C)n3)c2cc1OC. The number of anilines is 2. The van der Waals surface area contributed by atoms with E-state index in [2.05, 4.69) is 20.6 Å². The number of hydrogen-bond acceptors (Lipinski definition) is 7. The summed E-state index contributed by atoms with van der Waals surface area (Å²) in [4.78, 5) is 34.7. The first kappa shape index (κ1) is 24.9. The van der Waals surface area contributed by atoms with E-state index < -0.39 is 23.0 Å². The average Bonchev–Trinajstić information content (AvgIpc) is 3.73. The highest BCUT2D eigenvalue weighted by Crippen LogP contribution is 2.47. The normalized spacial score (nSPS) is 13.5. The van der Waals surface area contributed by atoms with E-state index in [4.69, 9.17) is 14.2 Å². The number of rotatable bonds is 8. The van der Waals surface area contributed by atoms with Gasteiger partial charge in [-0.15, -0.1) is 0 Å². The molecule has 38 heavy (non-hydrogen) atoms. The fourth-order valence-electron chi connectivity index (χ4n) is 4.08. The molecule has 0 radical (unpaired) electrons. The number of carbonyl (C=O) groups is 2. The number of pyridine rings is 2. The van der Waals surface area contributed by atoms with E-state index in [0.717, 1.165) is 0 Å². The highest BCUT2D eigenvalue weighted by Gasteiger charge is 2.56. The van der Waals surface area contributed by atoms with Gasteiger partial charge in [0.15, 0.2) is 11.5 Å². The Morgan fingerprint density at radius 2 is 1.58 bits per heavy atom. The van der Waals surface area contributed by atoms with E-state index in [-0.39, 0.29) is 0 Å². The van der Waals surface area contributed by atoms with Crippen LogP contribution >= 0.6 is 0 Å². The Morgan fingerprint density at radius 1 is 0.895 bits per heavy atom. The fraction of sp³-hybridized carbons (Fsp3) is 0.214. The second-order valence-corrected chi connectivity index (χ2v) is 8.92. The monoisotopic (exact) mass is 516 g/mol. The van der Waals surface area contributed by atoms with Crippen LogP contribution in [0.15, 0.2) is 60.8 Å². The van der Waals surface area contributed by atoms with Crippen LogP contribution in [-0.2, 0) is 9.59 Å². The molecule has 2 amide bonds. The molecule has 5 rings (SSSR count). The quantitative estimate of drug-likeness (QED) is 0.308. The molecule has 4 aromatic rings. The van der Waals surface area contributed by atoms with Gasteiger partial charge in [0.05, 0.1) is 31.1 Å². The zero-order chi connectivity index (χ0) is 26.9. The Hall–Kier alpha value is -4.73. The minimum atomic E-state index is -1.17. The second-order valence-electron chi connectivity index (χ2n) is 8.92. The van der Waals surface area contributed by atoms with Gasteiger partial charge < -0.3 is 24.8 Å². The number of carbonyl (C=O) groups excluding carboxylic acids is 2. The van der Waals surface area contributed by atoms with Crippen molar-refractivity contribution in [3.8, 4) is 23.1 Å². The van der Waals surface area contributed by atoms with Crippen LogP contribution in [0.1, 0.15) is 18.5 Å². The average molecular weight is 517 g/mol. The van der Waals surface area contributed by atoms with Gasteiger partial charge in [0, 0.05) is 29.4 Å². The molecule has 0 saturated heterocycles. The molecule has 0 spiro atoms. The summed E-state index contributed by atoms with van der Waals surface area (Å²) < 4.78 is 29.9. The molecule has 1 fully saturated rings. The maximum absolute atomic E-state index is 13.2. The van der Waals surface area contributed by atoms with Crippen LogP contribution in [0.25, 0.3) is 10.9 Å². The summed E-state index contributed by atoms with van der Waals surface area (Å²) in [7, 11) is 3.11. The molecule has 9 nitrogen and oxygen atoms in total. The zero-order valence-corrected chi connectivity index (χ0v) is 21.0. The molecular formula is C28H25FN4O5. The van der Waals surface area contributed by atoms with Crippen LogP contribution in [0.5, 0.6) is 23.1 Å². The lowest BCUT2D eigenvalue weighted by atomic mass is 10.0. The number of aryl methyl sites for hydroxylation is 1.